The van der Waals surface area contributed by atoms with Gasteiger partial charge in [0, 0.05) is 29.7 Å². The van der Waals surface area contributed by atoms with E-state index in [9.17, 15) is 10.1 Å². The van der Waals surface area contributed by atoms with E-state index in [1.54, 1.807) is 18.3 Å². The van der Waals surface area contributed by atoms with Gasteiger partial charge in [-0.05, 0) is 36.2 Å². The summed E-state index contributed by atoms with van der Waals surface area (Å²) in [5.41, 5.74) is 8.47. The predicted molar refractivity (Wildman–Crippen MR) is 65.5 cm³/mol. The second-order valence-corrected chi connectivity index (χ2v) is 3.76. The van der Waals surface area contributed by atoms with Gasteiger partial charge in [-0.3, -0.25) is 15.1 Å². The molecule has 0 saturated heterocycles. The van der Waals surface area contributed by atoms with E-state index in [0.29, 0.717) is 5.69 Å². The Labute approximate surface area is 98.1 Å². The van der Waals surface area contributed by atoms with Crippen molar-refractivity contribution in [2.45, 2.75) is 6.92 Å². The number of nitrogens with zero attached hydrogens (tertiary/aromatic N) is 2. The topological polar surface area (TPSA) is 82.0 Å². The van der Waals surface area contributed by atoms with Gasteiger partial charge in [0.05, 0.1) is 4.92 Å². The van der Waals surface area contributed by atoms with E-state index >= 15 is 0 Å². The zero-order chi connectivity index (χ0) is 12.4. The van der Waals surface area contributed by atoms with Crippen molar-refractivity contribution in [1.29, 1.82) is 0 Å². The lowest BCUT2D eigenvalue weighted by Crippen LogP contribution is -1.93. The van der Waals surface area contributed by atoms with Crippen LogP contribution in [0.5, 0.6) is 0 Å². The lowest BCUT2D eigenvalue weighted by Gasteiger charge is -2.04. The van der Waals surface area contributed by atoms with Crippen molar-refractivity contribution in [3.05, 3.63) is 52.3 Å². The first-order valence-corrected chi connectivity index (χ1v) is 5.04. The molecule has 2 aromatic rings. The Bertz CT molecular complexity index is 582. The minimum Gasteiger partial charge on any atom is -0.399 e. The Morgan fingerprint density at radius 2 is 2.00 bits per heavy atom. The molecule has 0 atom stereocenters. The first-order valence-electron chi connectivity index (χ1n) is 5.04. The molecule has 5 nitrogen and oxygen atoms in total. The van der Waals surface area contributed by atoms with Gasteiger partial charge in [0.15, 0.2) is 0 Å². The second kappa shape index (κ2) is 4.21. The standard InChI is InChI=1S/C12H11N3O2/c1-8-4-9(2-3-14-8)10-5-11(13)7-12(6-10)15(16)17/h2-7H,13H2,1H3. The number of hydrogen-bond donors (Lipinski definition) is 1. The van der Waals surface area contributed by atoms with E-state index in [4.69, 9.17) is 5.73 Å². The molecule has 0 aliphatic carbocycles. The molecule has 0 radical (unpaired) electrons. The van der Waals surface area contributed by atoms with Gasteiger partial charge in [-0.1, -0.05) is 0 Å². The van der Waals surface area contributed by atoms with Crippen LogP contribution < -0.4 is 5.73 Å². The Kier molecular flexibility index (Phi) is 2.74. The number of benzene rings is 1. The van der Waals surface area contributed by atoms with Crippen molar-refractivity contribution in [2.75, 3.05) is 5.73 Å². The summed E-state index contributed by atoms with van der Waals surface area (Å²) in [4.78, 5) is 14.4. The first-order chi connectivity index (χ1) is 8.06. The number of nitrogens with two attached hydrogens (primary N) is 1. The van der Waals surface area contributed by atoms with Gasteiger partial charge in [-0.2, -0.15) is 0 Å². The third-order valence-electron chi connectivity index (χ3n) is 2.38. The summed E-state index contributed by atoms with van der Waals surface area (Å²) in [6, 6.07) is 8.22. The van der Waals surface area contributed by atoms with Gasteiger partial charge in [0.2, 0.25) is 0 Å². The van der Waals surface area contributed by atoms with Crippen LogP contribution in [0.2, 0.25) is 0 Å². The summed E-state index contributed by atoms with van der Waals surface area (Å²) < 4.78 is 0. The third-order valence-corrected chi connectivity index (χ3v) is 2.38. The molecule has 2 N–H and O–H groups in total. The fraction of sp³-hybridized carbons (Fsp3) is 0.0833. The Balaban J connectivity index is 2.56. The molecule has 0 unspecified atom stereocenters. The molecule has 5 heteroatoms. The van der Waals surface area contributed by atoms with Gasteiger partial charge < -0.3 is 5.73 Å². The van der Waals surface area contributed by atoms with E-state index in [1.807, 2.05) is 13.0 Å². The highest BCUT2D eigenvalue weighted by Gasteiger charge is 2.09. The highest BCUT2D eigenvalue weighted by Crippen LogP contribution is 2.27. The summed E-state index contributed by atoms with van der Waals surface area (Å²) in [5, 5.41) is 10.7. The van der Waals surface area contributed by atoms with E-state index in [-0.39, 0.29) is 5.69 Å². The summed E-state index contributed by atoms with van der Waals surface area (Å²) in [5.74, 6) is 0. The van der Waals surface area contributed by atoms with Crippen LogP contribution >= 0.6 is 0 Å². The van der Waals surface area contributed by atoms with Crippen molar-refractivity contribution in [3.63, 3.8) is 0 Å². The van der Waals surface area contributed by atoms with E-state index in [1.165, 1.54) is 12.1 Å². The average molecular weight is 229 g/mol. The number of anilines is 1. The number of aromatic nitrogens is 1. The van der Waals surface area contributed by atoms with Gasteiger partial charge in [-0.15, -0.1) is 0 Å². The molecule has 0 aliphatic heterocycles. The van der Waals surface area contributed by atoms with Crippen LogP contribution in [0.1, 0.15) is 5.69 Å². The van der Waals surface area contributed by atoms with Crippen LogP contribution in [0.15, 0.2) is 36.5 Å². The van der Waals surface area contributed by atoms with Crippen LogP contribution in [-0.4, -0.2) is 9.91 Å². The van der Waals surface area contributed by atoms with Crippen LogP contribution in [0.25, 0.3) is 11.1 Å². The largest absolute Gasteiger partial charge is 0.399 e. The fourth-order valence-electron chi connectivity index (χ4n) is 1.63. The lowest BCUT2D eigenvalue weighted by atomic mass is 10.0. The van der Waals surface area contributed by atoms with Gasteiger partial charge in [0.25, 0.3) is 5.69 Å². The number of aryl methyl sites for hydroxylation is 1. The normalized spacial score (nSPS) is 10.2. The molecule has 1 heterocycles. The summed E-state index contributed by atoms with van der Waals surface area (Å²) >= 11 is 0. The Hall–Kier alpha value is -2.43. The molecule has 0 bridgehead atoms. The molecule has 86 valence electrons. The monoisotopic (exact) mass is 229 g/mol. The Morgan fingerprint density at radius 1 is 1.24 bits per heavy atom. The summed E-state index contributed by atoms with van der Waals surface area (Å²) in [6.45, 7) is 1.87. The van der Waals surface area contributed by atoms with Crippen LogP contribution in [0.4, 0.5) is 11.4 Å². The number of hydrogen-bond acceptors (Lipinski definition) is 4. The number of nitro benzene ring substituents is 1. The molecule has 0 spiro atoms. The highest BCUT2D eigenvalue weighted by molar-refractivity contribution is 5.70. The first kappa shape index (κ1) is 11.1. The minimum absolute atomic E-state index is 0.00512. The maximum atomic E-state index is 10.7. The third kappa shape index (κ3) is 2.39. The SMILES string of the molecule is Cc1cc(-c2cc(N)cc([N+](=O)[O-])c2)ccn1. The van der Waals surface area contributed by atoms with Crippen molar-refractivity contribution >= 4 is 11.4 Å². The molecular formula is C12H11N3O2. The summed E-state index contributed by atoms with van der Waals surface area (Å²) in [6.07, 6.45) is 1.67. The number of pyridine rings is 1. The van der Waals surface area contributed by atoms with Gasteiger partial charge in [-0.25, -0.2) is 0 Å². The second-order valence-electron chi connectivity index (χ2n) is 3.76. The van der Waals surface area contributed by atoms with Gasteiger partial charge in [0.1, 0.15) is 0 Å². The molecule has 0 amide bonds. The van der Waals surface area contributed by atoms with Gasteiger partial charge >= 0.3 is 0 Å². The molecule has 1 aromatic heterocycles. The number of rotatable bonds is 2. The number of non-ortho nitro benzene ring substituents is 1. The zero-order valence-corrected chi connectivity index (χ0v) is 9.25. The molecule has 1 aromatic carbocycles. The van der Waals surface area contributed by atoms with E-state index in [2.05, 4.69) is 4.98 Å². The zero-order valence-electron chi connectivity index (χ0n) is 9.25. The number of nitro groups is 1. The molecule has 17 heavy (non-hydrogen) atoms. The van der Waals surface area contributed by atoms with E-state index in [0.717, 1.165) is 16.8 Å². The summed E-state index contributed by atoms with van der Waals surface area (Å²) in [7, 11) is 0. The molecule has 0 fully saturated rings. The predicted octanol–water partition coefficient (Wildman–Crippen LogP) is 2.55. The van der Waals surface area contributed by atoms with Crippen molar-refractivity contribution in [3.8, 4) is 11.1 Å². The van der Waals surface area contributed by atoms with Crippen molar-refractivity contribution < 1.29 is 4.92 Å². The molecule has 0 saturated carbocycles. The van der Waals surface area contributed by atoms with Crippen LogP contribution in [0, 0.1) is 17.0 Å². The van der Waals surface area contributed by atoms with Crippen molar-refractivity contribution in [1.82, 2.24) is 4.98 Å². The smallest absolute Gasteiger partial charge is 0.272 e. The quantitative estimate of drug-likeness (QED) is 0.487. The minimum atomic E-state index is -0.450. The maximum Gasteiger partial charge on any atom is 0.272 e. The molecule has 2 rings (SSSR count). The van der Waals surface area contributed by atoms with Crippen molar-refractivity contribution in [2.24, 2.45) is 0 Å². The molecule has 0 aliphatic rings. The van der Waals surface area contributed by atoms with E-state index < -0.39 is 4.92 Å². The fourth-order valence-corrected chi connectivity index (χ4v) is 1.63. The van der Waals surface area contributed by atoms with Crippen LogP contribution in [0.3, 0.4) is 0 Å². The van der Waals surface area contributed by atoms with Crippen LogP contribution in [-0.2, 0) is 0 Å². The highest BCUT2D eigenvalue weighted by atomic mass is 16.6. The average Bonchev–Trinajstić information content (AvgIpc) is 2.28. The number of nitrogen functional groups attached to an aromatic ring is 1. The maximum absolute atomic E-state index is 10.7. The molecular weight excluding hydrogens is 218 g/mol. The lowest BCUT2D eigenvalue weighted by molar-refractivity contribution is -0.384. The Morgan fingerprint density at radius 3 is 2.65 bits per heavy atom.